The number of amides is 1. The van der Waals surface area contributed by atoms with Crippen LogP contribution in [-0.4, -0.2) is 19.1 Å². The van der Waals surface area contributed by atoms with E-state index < -0.39 is 0 Å². The maximum atomic E-state index is 11.6. The number of hydrogen-bond donors (Lipinski definition) is 1. The Morgan fingerprint density at radius 3 is 2.92 bits per heavy atom. The normalized spacial score (nSPS) is 22.8. The molecule has 0 radical (unpaired) electrons. The number of carbonyl (C=O) groups is 1. The van der Waals surface area contributed by atoms with Crippen LogP contribution in [0.25, 0.3) is 0 Å². The largest absolute Gasteiger partial charge is 0.494 e. The summed E-state index contributed by atoms with van der Waals surface area (Å²) in [7, 11) is 0. The monoisotopic (exact) mass is 343 g/mol. The molecule has 0 aliphatic heterocycles. The van der Waals surface area contributed by atoms with Gasteiger partial charge < -0.3 is 10.1 Å². The number of benzene rings is 1. The Morgan fingerprint density at radius 2 is 2.12 bits per heavy atom. The number of nitrogens with one attached hydrogen (secondary N) is 1. The highest BCUT2D eigenvalue weighted by molar-refractivity contribution is 5.75. The van der Waals surface area contributed by atoms with Crippen LogP contribution in [0.1, 0.15) is 76.2 Å². The van der Waals surface area contributed by atoms with Crippen molar-refractivity contribution in [3.63, 3.8) is 0 Å². The topological polar surface area (TPSA) is 38.3 Å². The minimum atomic E-state index is 0.187. The number of carbonyl (C=O) groups excluding carboxylic acids is 1. The molecule has 0 saturated heterocycles. The highest BCUT2D eigenvalue weighted by Gasteiger charge is 2.38. The summed E-state index contributed by atoms with van der Waals surface area (Å²) in [6.45, 7) is 3.69. The molecule has 2 unspecified atom stereocenters. The molecule has 2 saturated carbocycles. The summed E-state index contributed by atoms with van der Waals surface area (Å²) >= 11 is 0. The van der Waals surface area contributed by atoms with Gasteiger partial charge in [0.25, 0.3) is 0 Å². The molecule has 3 nitrogen and oxygen atoms in total. The predicted molar refractivity (Wildman–Crippen MR) is 102 cm³/mol. The molecule has 2 aliphatic carbocycles. The second-order valence-corrected chi connectivity index (χ2v) is 7.87. The van der Waals surface area contributed by atoms with Gasteiger partial charge in [-0.05, 0) is 61.1 Å². The van der Waals surface area contributed by atoms with E-state index in [1.807, 2.05) is 6.92 Å². The van der Waals surface area contributed by atoms with Crippen LogP contribution >= 0.6 is 0 Å². The summed E-state index contributed by atoms with van der Waals surface area (Å²) in [6.07, 6.45) is 10.9. The lowest BCUT2D eigenvalue weighted by molar-refractivity contribution is -0.121. The fraction of sp³-hybridized carbons (Fsp3) is 0.682. The summed E-state index contributed by atoms with van der Waals surface area (Å²) in [5, 5.41) is 3.06. The van der Waals surface area contributed by atoms with E-state index in [2.05, 4.69) is 29.6 Å². The van der Waals surface area contributed by atoms with E-state index in [1.54, 1.807) is 0 Å². The van der Waals surface area contributed by atoms with Crippen molar-refractivity contribution in [2.75, 3.05) is 13.2 Å². The summed E-state index contributed by atoms with van der Waals surface area (Å²) < 4.78 is 5.98. The van der Waals surface area contributed by atoms with E-state index in [9.17, 15) is 4.79 Å². The lowest BCUT2D eigenvalue weighted by atomic mass is 10.0. The molecule has 2 aliphatic rings. The molecular weight excluding hydrogens is 310 g/mol. The van der Waals surface area contributed by atoms with Crippen molar-refractivity contribution in [2.45, 2.75) is 70.6 Å². The van der Waals surface area contributed by atoms with Crippen molar-refractivity contribution in [1.29, 1.82) is 0 Å². The standard InChI is InChI=1S/C22H33NO2/c1-2-7-22(24)23-16-19-15-21(19)18-11-5-12-20(14-18)25-13-6-10-17-8-3-4-9-17/h5,11-12,14,17,19,21H,2-4,6-10,13,15-16H2,1H3,(H,23,24). The lowest BCUT2D eigenvalue weighted by Gasteiger charge is -2.11. The second kappa shape index (κ2) is 9.26. The summed E-state index contributed by atoms with van der Waals surface area (Å²) in [5.74, 6) is 3.32. The molecule has 0 spiro atoms. The molecule has 1 aromatic carbocycles. The Morgan fingerprint density at radius 1 is 1.28 bits per heavy atom. The van der Waals surface area contributed by atoms with E-state index in [4.69, 9.17) is 4.74 Å². The zero-order valence-electron chi connectivity index (χ0n) is 15.6. The highest BCUT2D eigenvalue weighted by Crippen LogP contribution is 2.47. The van der Waals surface area contributed by atoms with Crippen molar-refractivity contribution in [1.82, 2.24) is 5.32 Å². The first kappa shape index (κ1) is 18.3. The van der Waals surface area contributed by atoms with E-state index >= 15 is 0 Å². The fourth-order valence-corrected chi connectivity index (χ4v) is 4.14. The van der Waals surface area contributed by atoms with Gasteiger partial charge in [-0.3, -0.25) is 4.79 Å². The minimum absolute atomic E-state index is 0.187. The van der Waals surface area contributed by atoms with Gasteiger partial charge in [0.2, 0.25) is 5.91 Å². The van der Waals surface area contributed by atoms with Crippen LogP contribution in [0.2, 0.25) is 0 Å². The summed E-state index contributed by atoms with van der Waals surface area (Å²) in [4.78, 5) is 11.6. The van der Waals surface area contributed by atoms with E-state index in [0.717, 1.165) is 31.2 Å². The third kappa shape index (κ3) is 5.76. The first-order valence-corrected chi connectivity index (χ1v) is 10.3. The molecule has 1 N–H and O–H groups in total. The van der Waals surface area contributed by atoms with Gasteiger partial charge in [-0.2, -0.15) is 0 Å². The van der Waals surface area contributed by atoms with Crippen LogP contribution in [0, 0.1) is 11.8 Å². The van der Waals surface area contributed by atoms with Gasteiger partial charge in [-0.1, -0.05) is 44.7 Å². The van der Waals surface area contributed by atoms with Gasteiger partial charge in [0.1, 0.15) is 5.75 Å². The molecule has 0 aromatic heterocycles. The van der Waals surface area contributed by atoms with Crippen LogP contribution < -0.4 is 10.1 Å². The van der Waals surface area contributed by atoms with Crippen molar-refractivity contribution in [3.8, 4) is 5.75 Å². The fourth-order valence-electron chi connectivity index (χ4n) is 4.14. The maximum absolute atomic E-state index is 11.6. The zero-order chi connectivity index (χ0) is 17.5. The van der Waals surface area contributed by atoms with E-state index in [-0.39, 0.29) is 5.91 Å². The Labute approximate surface area is 152 Å². The van der Waals surface area contributed by atoms with Crippen LogP contribution in [0.4, 0.5) is 0 Å². The molecule has 2 fully saturated rings. The predicted octanol–water partition coefficient (Wildman–Crippen LogP) is 5.06. The van der Waals surface area contributed by atoms with Crippen molar-refractivity contribution < 1.29 is 9.53 Å². The Hall–Kier alpha value is -1.51. The quantitative estimate of drug-likeness (QED) is 0.603. The van der Waals surface area contributed by atoms with Gasteiger partial charge in [-0.15, -0.1) is 0 Å². The van der Waals surface area contributed by atoms with Crippen LogP contribution in [0.15, 0.2) is 24.3 Å². The molecule has 25 heavy (non-hydrogen) atoms. The molecule has 3 heteroatoms. The smallest absolute Gasteiger partial charge is 0.219 e. The van der Waals surface area contributed by atoms with Gasteiger partial charge in [0.05, 0.1) is 6.61 Å². The lowest BCUT2D eigenvalue weighted by Crippen LogP contribution is -2.25. The third-order valence-electron chi connectivity index (χ3n) is 5.75. The van der Waals surface area contributed by atoms with Gasteiger partial charge >= 0.3 is 0 Å². The molecule has 2 atom stereocenters. The molecular formula is C22H33NO2. The third-order valence-corrected chi connectivity index (χ3v) is 5.75. The van der Waals surface area contributed by atoms with Crippen molar-refractivity contribution >= 4 is 5.91 Å². The van der Waals surface area contributed by atoms with Crippen molar-refractivity contribution in [3.05, 3.63) is 29.8 Å². The minimum Gasteiger partial charge on any atom is -0.494 e. The van der Waals surface area contributed by atoms with E-state index in [1.165, 1.54) is 50.5 Å². The van der Waals surface area contributed by atoms with Crippen LogP contribution in [-0.2, 0) is 4.79 Å². The molecule has 1 amide bonds. The first-order valence-electron chi connectivity index (χ1n) is 10.3. The molecule has 0 bridgehead atoms. The highest BCUT2D eigenvalue weighted by atomic mass is 16.5. The first-order chi connectivity index (χ1) is 12.3. The number of rotatable bonds is 10. The molecule has 0 heterocycles. The summed E-state index contributed by atoms with van der Waals surface area (Å²) in [6, 6.07) is 8.57. The van der Waals surface area contributed by atoms with Crippen molar-refractivity contribution in [2.24, 2.45) is 11.8 Å². The average Bonchev–Trinajstić information content (AvgIpc) is 3.22. The van der Waals surface area contributed by atoms with Crippen LogP contribution in [0.5, 0.6) is 5.75 Å². The zero-order valence-corrected chi connectivity index (χ0v) is 15.6. The Kier molecular flexibility index (Phi) is 6.77. The number of hydrogen-bond acceptors (Lipinski definition) is 2. The Balaban J connectivity index is 1.37. The maximum Gasteiger partial charge on any atom is 0.219 e. The van der Waals surface area contributed by atoms with Gasteiger partial charge in [0, 0.05) is 13.0 Å². The molecule has 138 valence electrons. The number of ether oxygens (including phenoxy) is 1. The Bertz CT molecular complexity index is 551. The SMILES string of the molecule is CCCC(=O)NCC1CC1c1cccc(OCCCC2CCCC2)c1. The molecule has 1 aromatic rings. The summed E-state index contributed by atoms with van der Waals surface area (Å²) in [5.41, 5.74) is 1.36. The van der Waals surface area contributed by atoms with E-state index in [0.29, 0.717) is 18.3 Å². The van der Waals surface area contributed by atoms with Crippen LogP contribution in [0.3, 0.4) is 0 Å². The van der Waals surface area contributed by atoms with Gasteiger partial charge in [0.15, 0.2) is 0 Å². The molecule has 3 rings (SSSR count). The van der Waals surface area contributed by atoms with Gasteiger partial charge in [-0.25, -0.2) is 0 Å². The average molecular weight is 344 g/mol. The second-order valence-electron chi connectivity index (χ2n) is 7.87.